The molecule has 4 rings (SSSR count). The largest absolute Gasteiger partial charge is 0.361 e. The third-order valence-electron chi connectivity index (χ3n) is 4.20. The topological polar surface area (TPSA) is 101 Å². The van der Waals surface area contributed by atoms with Crippen molar-refractivity contribution in [3.63, 3.8) is 0 Å². The second-order valence-corrected chi connectivity index (χ2v) is 8.95. The molecule has 1 aliphatic carbocycles. The number of nitrogens with zero attached hydrogens (tertiary/aromatic N) is 2. The first-order valence-electron chi connectivity index (χ1n) is 8.01. The van der Waals surface area contributed by atoms with Crippen LogP contribution in [0.5, 0.6) is 0 Å². The molecule has 25 heavy (non-hydrogen) atoms. The quantitative estimate of drug-likeness (QED) is 0.686. The Balaban J connectivity index is 1.70. The fourth-order valence-corrected chi connectivity index (χ4v) is 5.04. The lowest BCUT2D eigenvalue weighted by molar-refractivity contribution is 0.421. The highest BCUT2D eigenvalue weighted by Gasteiger charge is 2.32. The fraction of sp³-hybridized carbons (Fsp3) is 0.375. The number of nitrogens with one attached hydrogen (secondary N) is 2. The van der Waals surface area contributed by atoms with Gasteiger partial charge in [0.05, 0.1) is 5.56 Å². The minimum absolute atomic E-state index is 0.174. The van der Waals surface area contributed by atoms with E-state index in [0.717, 1.165) is 17.7 Å². The third kappa shape index (κ3) is 3.14. The Labute approximate surface area is 149 Å². The molecule has 0 saturated heterocycles. The molecule has 0 aliphatic heterocycles. The molecule has 1 saturated carbocycles. The highest BCUT2D eigenvalue weighted by atomic mass is 32.2. The van der Waals surface area contributed by atoms with Gasteiger partial charge in [0.2, 0.25) is 10.0 Å². The zero-order chi connectivity index (χ0) is 17.6. The van der Waals surface area contributed by atoms with Gasteiger partial charge in [-0.25, -0.2) is 13.1 Å². The van der Waals surface area contributed by atoms with Crippen molar-refractivity contribution in [2.75, 3.05) is 0 Å². The van der Waals surface area contributed by atoms with Crippen LogP contribution >= 0.6 is 11.3 Å². The van der Waals surface area contributed by atoms with Crippen molar-refractivity contribution < 1.29 is 12.9 Å². The molecule has 2 N–H and O–H groups in total. The third-order valence-corrected chi connectivity index (χ3v) is 6.65. The van der Waals surface area contributed by atoms with Crippen LogP contribution in [0.3, 0.4) is 0 Å². The summed E-state index contributed by atoms with van der Waals surface area (Å²) in [5.74, 6) is 1.25. The summed E-state index contributed by atoms with van der Waals surface area (Å²) in [4.78, 5) is 8.62. The number of aryl methyl sites for hydroxylation is 2. The van der Waals surface area contributed by atoms with Crippen molar-refractivity contribution in [2.45, 2.75) is 44.0 Å². The van der Waals surface area contributed by atoms with Gasteiger partial charge in [0, 0.05) is 28.7 Å². The Morgan fingerprint density at radius 3 is 2.84 bits per heavy atom. The molecular formula is C16H18N4O3S2. The molecule has 0 atom stereocenters. The number of H-pyrrole nitrogens is 1. The van der Waals surface area contributed by atoms with Gasteiger partial charge in [-0.3, -0.25) is 0 Å². The van der Waals surface area contributed by atoms with E-state index in [1.165, 1.54) is 11.3 Å². The summed E-state index contributed by atoms with van der Waals surface area (Å²) in [6, 6.07) is 3.78. The fourth-order valence-electron chi connectivity index (χ4n) is 2.85. The Hall–Kier alpha value is -1.97. The minimum Gasteiger partial charge on any atom is -0.361 e. The maximum absolute atomic E-state index is 12.9. The number of aromatic amines is 1. The molecule has 3 aromatic rings. The summed E-state index contributed by atoms with van der Waals surface area (Å²) in [7, 11) is -3.72. The monoisotopic (exact) mass is 378 g/mol. The normalized spacial score (nSPS) is 15.0. The van der Waals surface area contributed by atoms with Crippen LogP contribution in [-0.2, 0) is 16.6 Å². The summed E-state index contributed by atoms with van der Waals surface area (Å²) in [5.41, 5.74) is 1.70. The predicted molar refractivity (Wildman–Crippen MR) is 93.9 cm³/mol. The van der Waals surface area contributed by atoms with Crippen LogP contribution in [-0.4, -0.2) is 23.5 Å². The zero-order valence-corrected chi connectivity index (χ0v) is 15.5. The van der Waals surface area contributed by atoms with Crippen molar-refractivity contribution in [3.05, 3.63) is 39.6 Å². The van der Waals surface area contributed by atoms with Gasteiger partial charge in [-0.2, -0.15) is 4.98 Å². The summed E-state index contributed by atoms with van der Waals surface area (Å²) in [6.07, 6.45) is 2.11. The minimum atomic E-state index is -3.72. The van der Waals surface area contributed by atoms with E-state index in [4.69, 9.17) is 4.52 Å². The Morgan fingerprint density at radius 2 is 2.16 bits per heavy atom. The van der Waals surface area contributed by atoms with Gasteiger partial charge in [-0.05, 0) is 38.1 Å². The van der Waals surface area contributed by atoms with E-state index in [2.05, 4.69) is 19.8 Å². The second kappa shape index (κ2) is 6.08. The zero-order valence-electron chi connectivity index (χ0n) is 13.9. The summed E-state index contributed by atoms with van der Waals surface area (Å²) < 4.78 is 33.8. The van der Waals surface area contributed by atoms with Crippen molar-refractivity contribution in [1.29, 1.82) is 0 Å². The first kappa shape index (κ1) is 16.5. The number of hydrogen-bond donors (Lipinski definition) is 2. The molecule has 9 heteroatoms. The molecule has 0 amide bonds. The van der Waals surface area contributed by atoms with Crippen LogP contribution in [0.2, 0.25) is 0 Å². The molecule has 1 fully saturated rings. The molecule has 1 aliphatic rings. The molecule has 0 bridgehead atoms. The number of sulfonamides is 1. The van der Waals surface area contributed by atoms with Crippen molar-refractivity contribution in [2.24, 2.45) is 0 Å². The van der Waals surface area contributed by atoms with E-state index in [1.807, 2.05) is 24.4 Å². The van der Waals surface area contributed by atoms with E-state index in [1.54, 1.807) is 6.92 Å². The van der Waals surface area contributed by atoms with Crippen LogP contribution in [0.4, 0.5) is 0 Å². The average molecular weight is 378 g/mol. The molecule has 0 radical (unpaired) electrons. The van der Waals surface area contributed by atoms with E-state index in [-0.39, 0.29) is 17.3 Å². The van der Waals surface area contributed by atoms with E-state index >= 15 is 0 Å². The number of aromatic nitrogens is 3. The molecule has 0 spiro atoms. The first-order chi connectivity index (χ1) is 12.0. The molecule has 3 heterocycles. The van der Waals surface area contributed by atoms with Crippen molar-refractivity contribution in [3.8, 4) is 11.5 Å². The summed E-state index contributed by atoms with van der Waals surface area (Å²) in [5, 5.41) is 5.92. The molecule has 132 valence electrons. The highest BCUT2D eigenvalue weighted by molar-refractivity contribution is 7.89. The lowest BCUT2D eigenvalue weighted by atomic mass is 10.2. The van der Waals surface area contributed by atoms with Gasteiger partial charge in [-0.15, -0.1) is 11.3 Å². The molecule has 3 aromatic heterocycles. The van der Waals surface area contributed by atoms with Crippen LogP contribution in [0.15, 0.2) is 26.9 Å². The summed E-state index contributed by atoms with van der Waals surface area (Å²) in [6.45, 7) is 3.79. The van der Waals surface area contributed by atoms with E-state index in [9.17, 15) is 8.42 Å². The van der Waals surface area contributed by atoms with Gasteiger partial charge >= 0.3 is 0 Å². The lowest BCUT2D eigenvalue weighted by Gasteiger charge is -2.07. The first-order valence-corrected chi connectivity index (χ1v) is 10.4. The van der Waals surface area contributed by atoms with E-state index < -0.39 is 10.0 Å². The van der Waals surface area contributed by atoms with Crippen molar-refractivity contribution >= 4 is 21.4 Å². The van der Waals surface area contributed by atoms with E-state index in [0.29, 0.717) is 28.7 Å². The number of thiophene rings is 1. The molecule has 0 aromatic carbocycles. The molecular weight excluding hydrogens is 360 g/mol. The smallest absolute Gasteiger partial charge is 0.261 e. The van der Waals surface area contributed by atoms with Crippen LogP contribution in [0.1, 0.15) is 40.8 Å². The Kier molecular flexibility index (Phi) is 4.01. The van der Waals surface area contributed by atoms with Crippen LogP contribution < -0.4 is 4.72 Å². The van der Waals surface area contributed by atoms with Gasteiger partial charge in [-0.1, -0.05) is 11.2 Å². The van der Waals surface area contributed by atoms with Crippen LogP contribution in [0, 0.1) is 13.8 Å². The second-order valence-electron chi connectivity index (χ2n) is 6.22. The van der Waals surface area contributed by atoms with Crippen LogP contribution in [0.25, 0.3) is 11.5 Å². The lowest BCUT2D eigenvalue weighted by Crippen LogP contribution is -2.23. The number of hydrogen-bond acceptors (Lipinski definition) is 6. The average Bonchev–Trinajstić information content (AvgIpc) is 2.99. The highest BCUT2D eigenvalue weighted by Crippen LogP contribution is 2.40. The Morgan fingerprint density at radius 1 is 1.36 bits per heavy atom. The molecule has 7 nitrogen and oxygen atoms in total. The SMILES string of the molecule is Cc1[nH]c(C)c(S(=O)(=O)NCc2cccs2)c1-c1nc(C2CC2)no1. The predicted octanol–water partition coefficient (Wildman–Crippen LogP) is 3.10. The van der Waals surface area contributed by atoms with Gasteiger partial charge in [0.1, 0.15) is 4.90 Å². The maximum atomic E-state index is 12.9. The van der Waals surface area contributed by atoms with Crippen molar-refractivity contribution in [1.82, 2.24) is 19.8 Å². The van der Waals surface area contributed by atoms with Gasteiger partial charge in [0.25, 0.3) is 5.89 Å². The summed E-state index contributed by atoms with van der Waals surface area (Å²) >= 11 is 1.51. The standard InChI is InChI=1S/C16H18N4O3S2/c1-9-13(16-19-15(20-23-16)11-5-6-11)14(10(2)18-9)25(21,22)17-8-12-4-3-7-24-12/h3-4,7,11,17-18H,5-6,8H2,1-2H3. The molecule has 0 unspecified atom stereocenters. The van der Waals surface area contributed by atoms with Gasteiger partial charge in [0.15, 0.2) is 5.82 Å². The number of rotatable bonds is 6. The van der Waals surface area contributed by atoms with Gasteiger partial charge < -0.3 is 9.51 Å². The Bertz CT molecular complexity index is 999. The maximum Gasteiger partial charge on any atom is 0.261 e.